The molecule has 8 heteroatoms. The number of rotatable bonds is 8. The van der Waals surface area contributed by atoms with Crippen molar-refractivity contribution in [3.8, 4) is 0 Å². The molecule has 1 rings (SSSR count). The Balaban J connectivity index is 2.61. The third-order valence-corrected chi connectivity index (χ3v) is 3.86. The van der Waals surface area contributed by atoms with Crippen molar-refractivity contribution in [3.63, 3.8) is 0 Å². The second-order valence-corrected chi connectivity index (χ2v) is 6.39. The Morgan fingerprint density at radius 1 is 1.35 bits per heavy atom. The van der Waals surface area contributed by atoms with Crippen molar-refractivity contribution < 1.29 is 24.6 Å². The Morgan fingerprint density at radius 2 is 2.04 bits per heavy atom. The molecular weight excluding hydrogens is 302 g/mol. The Labute approximate surface area is 136 Å². The van der Waals surface area contributed by atoms with Gasteiger partial charge < -0.3 is 26.2 Å². The SMILES string of the molecule is CC(C)CC(NC(=O)O)C(=O)NC(CO)C[C@@H]1CCCNC1=O. The molecule has 0 spiro atoms. The molecule has 0 saturated carbocycles. The molecule has 1 aliphatic heterocycles. The minimum absolute atomic E-state index is 0.0636. The number of aliphatic hydroxyl groups is 1. The van der Waals surface area contributed by atoms with Gasteiger partial charge >= 0.3 is 6.09 Å². The first kappa shape index (κ1) is 19.2. The predicted octanol–water partition coefficient (Wildman–Crippen LogP) is 0.0621. The summed E-state index contributed by atoms with van der Waals surface area (Å²) in [6, 6.07) is -1.44. The summed E-state index contributed by atoms with van der Waals surface area (Å²) in [5.41, 5.74) is 0. The first-order valence-corrected chi connectivity index (χ1v) is 8.01. The number of carbonyl (C=O) groups excluding carboxylic acids is 2. The number of amides is 3. The Hall–Kier alpha value is -1.83. The smallest absolute Gasteiger partial charge is 0.405 e. The summed E-state index contributed by atoms with van der Waals surface area (Å²) in [7, 11) is 0. The van der Waals surface area contributed by atoms with Gasteiger partial charge in [-0.25, -0.2) is 4.79 Å². The fraction of sp³-hybridized carbons (Fsp3) is 0.800. The van der Waals surface area contributed by atoms with E-state index in [1.807, 2.05) is 13.8 Å². The molecule has 1 heterocycles. The molecule has 2 unspecified atom stereocenters. The molecule has 132 valence electrons. The molecule has 3 atom stereocenters. The van der Waals surface area contributed by atoms with Crippen molar-refractivity contribution >= 4 is 17.9 Å². The predicted molar refractivity (Wildman–Crippen MR) is 83.8 cm³/mol. The molecule has 0 aromatic rings. The van der Waals surface area contributed by atoms with Crippen LogP contribution in [0.3, 0.4) is 0 Å². The minimum atomic E-state index is -1.27. The van der Waals surface area contributed by atoms with E-state index in [0.717, 1.165) is 12.8 Å². The van der Waals surface area contributed by atoms with Crippen LogP contribution in [0, 0.1) is 11.8 Å². The van der Waals surface area contributed by atoms with E-state index in [1.54, 1.807) is 0 Å². The highest BCUT2D eigenvalue weighted by Gasteiger charge is 2.28. The van der Waals surface area contributed by atoms with E-state index in [2.05, 4.69) is 16.0 Å². The first-order chi connectivity index (χ1) is 10.8. The van der Waals surface area contributed by atoms with E-state index in [0.29, 0.717) is 19.4 Å². The average Bonchev–Trinajstić information content (AvgIpc) is 2.47. The molecule has 0 aromatic carbocycles. The van der Waals surface area contributed by atoms with Gasteiger partial charge in [0.1, 0.15) is 6.04 Å². The first-order valence-electron chi connectivity index (χ1n) is 8.01. The average molecular weight is 329 g/mol. The number of carbonyl (C=O) groups is 3. The highest BCUT2D eigenvalue weighted by molar-refractivity contribution is 5.85. The summed E-state index contributed by atoms with van der Waals surface area (Å²) in [6.07, 6.45) is 1.04. The zero-order valence-electron chi connectivity index (χ0n) is 13.7. The van der Waals surface area contributed by atoms with Crippen LogP contribution in [-0.4, -0.2) is 53.4 Å². The quantitative estimate of drug-likeness (QED) is 0.430. The van der Waals surface area contributed by atoms with Gasteiger partial charge in [-0.1, -0.05) is 13.8 Å². The molecule has 0 radical (unpaired) electrons. The number of carboxylic acid groups (broad SMARTS) is 1. The zero-order chi connectivity index (χ0) is 17.4. The number of nitrogens with one attached hydrogen (secondary N) is 3. The summed E-state index contributed by atoms with van der Waals surface area (Å²) in [6.45, 7) is 4.14. The number of hydrogen-bond acceptors (Lipinski definition) is 4. The lowest BCUT2D eigenvalue weighted by atomic mass is 9.91. The lowest BCUT2D eigenvalue weighted by Crippen LogP contribution is -2.51. The standard InChI is InChI=1S/C15H27N3O5/c1-9(2)6-12(18-15(22)23)14(21)17-11(8-19)7-10-4-3-5-16-13(10)20/h9-12,18-19H,3-8H2,1-2H3,(H,16,20)(H,17,21)(H,22,23)/t10-,11?,12?/m0/s1. The van der Waals surface area contributed by atoms with Gasteiger partial charge in [-0.3, -0.25) is 9.59 Å². The Bertz CT molecular complexity index is 427. The molecule has 1 aliphatic rings. The van der Waals surface area contributed by atoms with E-state index in [4.69, 9.17) is 5.11 Å². The third kappa shape index (κ3) is 6.85. The van der Waals surface area contributed by atoms with E-state index in [-0.39, 0.29) is 24.3 Å². The van der Waals surface area contributed by atoms with Crippen molar-refractivity contribution in [2.24, 2.45) is 11.8 Å². The molecule has 0 bridgehead atoms. The van der Waals surface area contributed by atoms with E-state index < -0.39 is 24.1 Å². The van der Waals surface area contributed by atoms with Gasteiger partial charge in [-0.2, -0.15) is 0 Å². The fourth-order valence-corrected chi connectivity index (χ4v) is 2.74. The van der Waals surface area contributed by atoms with Crippen LogP contribution in [0.5, 0.6) is 0 Å². The molecule has 23 heavy (non-hydrogen) atoms. The van der Waals surface area contributed by atoms with Crippen LogP contribution in [0.25, 0.3) is 0 Å². The van der Waals surface area contributed by atoms with Crippen molar-refractivity contribution in [1.29, 1.82) is 0 Å². The molecule has 3 amide bonds. The van der Waals surface area contributed by atoms with Gasteiger partial charge in [0.25, 0.3) is 0 Å². The molecule has 8 nitrogen and oxygen atoms in total. The molecule has 1 fully saturated rings. The van der Waals surface area contributed by atoms with Gasteiger partial charge in [0, 0.05) is 12.5 Å². The van der Waals surface area contributed by atoms with E-state index >= 15 is 0 Å². The normalized spacial score (nSPS) is 20.5. The summed E-state index contributed by atoms with van der Waals surface area (Å²) in [5, 5.41) is 25.9. The number of hydrogen-bond donors (Lipinski definition) is 5. The summed E-state index contributed by atoms with van der Waals surface area (Å²) < 4.78 is 0. The van der Waals surface area contributed by atoms with Gasteiger partial charge in [0.2, 0.25) is 11.8 Å². The largest absolute Gasteiger partial charge is 0.465 e. The van der Waals surface area contributed by atoms with E-state index in [9.17, 15) is 19.5 Å². The van der Waals surface area contributed by atoms with E-state index in [1.165, 1.54) is 0 Å². The van der Waals surface area contributed by atoms with Gasteiger partial charge in [-0.15, -0.1) is 0 Å². The molecular formula is C15H27N3O5. The maximum atomic E-state index is 12.3. The maximum Gasteiger partial charge on any atom is 0.405 e. The molecule has 1 saturated heterocycles. The zero-order valence-corrected chi connectivity index (χ0v) is 13.7. The topological polar surface area (TPSA) is 128 Å². The highest BCUT2D eigenvalue weighted by atomic mass is 16.4. The lowest BCUT2D eigenvalue weighted by molar-refractivity contribution is -0.128. The summed E-state index contributed by atoms with van der Waals surface area (Å²) in [5.74, 6) is -0.644. The molecule has 0 aromatic heterocycles. The van der Waals surface area contributed by atoms with Crippen LogP contribution in [0.15, 0.2) is 0 Å². The van der Waals surface area contributed by atoms with Gasteiger partial charge in [-0.05, 0) is 31.6 Å². The maximum absolute atomic E-state index is 12.3. The second-order valence-electron chi connectivity index (χ2n) is 6.39. The third-order valence-electron chi connectivity index (χ3n) is 3.86. The van der Waals surface area contributed by atoms with Gasteiger partial charge in [0.05, 0.1) is 12.6 Å². The second kappa shape index (κ2) is 9.34. The van der Waals surface area contributed by atoms with Crippen LogP contribution < -0.4 is 16.0 Å². The lowest BCUT2D eigenvalue weighted by Gasteiger charge is -2.27. The van der Waals surface area contributed by atoms with Crippen molar-refractivity contribution in [2.45, 2.75) is 51.6 Å². The highest BCUT2D eigenvalue weighted by Crippen LogP contribution is 2.17. The fourth-order valence-electron chi connectivity index (χ4n) is 2.74. The minimum Gasteiger partial charge on any atom is -0.465 e. The monoisotopic (exact) mass is 329 g/mol. The Kier molecular flexibility index (Phi) is 7.80. The van der Waals surface area contributed by atoms with Gasteiger partial charge in [0.15, 0.2) is 0 Å². The van der Waals surface area contributed by atoms with Crippen LogP contribution in [0.4, 0.5) is 4.79 Å². The summed E-state index contributed by atoms with van der Waals surface area (Å²) in [4.78, 5) is 34.8. The molecule has 0 aliphatic carbocycles. The number of aliphatic hydroxyl groups excluding tert-OH is 1. The van der Waals surface area contributed by atoms with Crippen molar-refractivity contribution in [1.82, 2.24) is 16.0 Å². The van der Waals surface area contributed by atoms with Crippen LogP contribution >= 0.6 is 0 Å². The number of piperidine rings is 1. The van der Waals surface area contributed by atoms with Crippen molar-refractivity contribution in [2.75, 3.05) is 13.2 Å². The van der Waals surface area contributed by atoms with Crippen molar-refractivity contribution in [3.05, 3.63) is 0 Å². The summed E-state index contributed by atoms with van der Waals surface area (Å²) >= 11 is 0. The van der Waals surface area contributed by atoms with Crippen LogP contribution in [0.1, 0.15) is 39.5 Å². The van der Waals surface area contributed by atoms with Crippen LogP contribution in [0.2, 0.25) is 0 Å². The Morgan fingerprint density at radius 3 is 2.57 bits per heavy atom. The van der Waals surface area contributed by atoms with Crippen LogP contribution in [-0.2, 0) is 9.59 Å². The molecule has 5 N–H and O–H groups in total.